The fourth-order valence-corrected chi connectivity index (χ4v) is 5.58. The molecule has 146 valence electrons. The molecule has 0 radical (unpaired) electrons. The van der Waals surface area contributed by atoms with Crippen LogP contribution >= 0.6 is 11.3 Å². The van der Waals surface area contributed by atoms with Crippen LogP contribution in [0, 0.1) is 0 Å². The summed E-state index contributed by atoms with van der Waals surface area (Å²) in [5, 5.41) is 11.4. The summed E-state index contributed by atoms with van der Waals surface area (Å²) in [6.07, 6.45) is 0. The highest BCUT2D eigenvalue weighted by atomic mass is 32.1. The first-order chi connectivity index (χ1) is 15.2. The lowest BCUT2D eigenvalue weighted by Gasteiger charge is -2.05. The Hall–Kier alpha value is -3.84. The Morgan fingerprint density at radius 2 is 1.68 bits per heavy atom. The molecule has 0 aliphatic carbocycles. The minimum Gasteiger partial charge on any atom is -0.508 e. The molecule has 0 saturated carbocycles. The van der Waals surface area contributed by atoms with Gasteiger partial charge in [-0.2, -0.15) is 0 Å². The first-order valence-electron chi connectivity index (χ1n) is 10.1. The van der Waals surface area contributed by atoms with Crippen molar-refractivity contribution in [1.29, 1.82) is 0 Å². The summed E-state index contributed by atoms with van der Waals surface area (Å²) < 4.78 is 6.57. The molecule has 4 aromatic heterocycles. The number of aromatic hydroxyl groups is 1. The Labute approximate surface area is 181 Å². The van der Waals surface area contributed by atoms with Gasteiger partial charge < -0.3 is 5.11 Å². The summed E-state index contributed by atoms with van der Waals surface area (Å²) in [6.45, 7) is 0. The second-order valence-corrected chi connectivity index (χ2v) is 8.90. The number of para-hydroxylation sites is 1. The monoisotopic (exact) mass is 418 g/mol. The SMILES string of the molecule is Bc1cccc2c1nc1n(-c3ccc4sc5ccccc5c4n3)c3cc(O)ccc3n21. The van der Waals surface area contributed by atoms with Gasteiger partial charge in [0.15, 0.2) is 0 Å². The Morgan fingerprint density at radius 3 is 2.61 bits per heavy atom. The van der Waals surface area contributed by atoms with Gasteiger partial charge in [0.25, 0.3) is 0 Å². The number of imidazole rings is 2. The van der Waals surface area contributed by atoms with Crippen molar-refractivity contribution < 1.29 is 5.11 Å². The van der Waals surface area contributed by atoms with Gasteiger partial charge in [-0.05, 0) is 36.4 Å². The molecule has 0 spiro atoms. The van der Waals surface area contributed by atoms with Gasteiger partial charge in [-0.3, -0.25) is 8.97 Å². The molecule has 0 fully saturated rings. The van der Waals surface area contributed by atoms with E-state index in [4.69, 9.17) is 9.97 Å². The fraction of sp³-hybridized carbons (Fsp3) is 0. The van der Waals surface area contributed by atoms with E-state index in [-0.39, 0.29) is 5.75 Å². The van der Waals surface area contributed by atoms with Gasteiger partial charge in [0.1, 0.15) is 19.4 Å². The van der Waals surface area contributed by atoms with Crippen molar-refractivity contribution in [2.45, 2.75) is 0 Å². The van der Waals surface area contributed by atoms with Crippen molar-refractivity contribution in [2.24, 2.45) is 0 Å². The minimum atomic E-state index is 0.219. The van der Waals surface area contributed by atoms with E-state index in [1.54, 1.807) is 23.5 Å². The van der Waals surface area contributed by atoms with Gasteiger partial charge >= 0.3 is 0 Å². The molecule has 0 atom stereocenters. The maximum absolute atomic E-state index is 10.2. The van der Waals surface area contributed by atoms with E-state index in [0.717, 1.165) is 54.7 Å². The van der Waals surface area contributed by atoms with Crippen LogP contribution in [0.25, 0.3) is 54.0 Å². The lowest BCUT2D eigenvalue weighted by atomic mass is 9.95. The molecule has 7 heteroatoms. The molecular formula is C24H15BN4OS. The molecule has 3 aromatic carbocycles. The molecule has 0 aliphatic heterocycles. The Bertz CT molecular complexity index is 1830. The van der Waals surface area contributed by atoms with Crippen molar-refractivity contribution in [2.75, 3.05) is 0 Å². The molecule has 0 bridgehead atoms. The van der Waals surface area contributed by atoms with Gasteiger partial charge in [0, 0.05) is 16.2 Å². The summed E-state index contributed by atoms with van der Waals surface area (Å²) >= 11 is 1.75. The van der Waals surface area contributed by atoms with Crippen LogP contribution in [0.3, 0.4) is 0 Å². The molecule has 0 saturated heterocycles. The van der Waals surface area contributed by atoms with Crippen molar-refractivity contribution in [3.8, 4) is 11.6 Å². The highest BCUT2D eigenvalue weighted by Crippen LogP contribution is 2.35. The third kappa shape index (κ3) is 2.21. The molecule has 31 heavy (non-hydrogen) atoms. The predicted octanol–water partition coefficient (Wildman–Crippen LogP) is 4.16. The van der Waals surface area contributed by atoms with Gasteiger partial charge in [-0.25, -0.2) is 9.97 Å². The van der Waals surface area contributed by atoms with E-state index in [9.17, 15) is 5.11 Å². The largest absolute Gasteiger partial charge is 0.508 e. The van der Waals surface area contributed by atoms with E-state index in [1.165, 1.54) is 4.70 Å². The third-order valence-electron chi connectivity index (χ3n) is 5.94. The van der Waals surface area contributed by atoms with Crippen LogP contribution in [-0.4, -0.2) is 31.9 Å². The van der Waals surface area contributed by atoms with E-state index < -0.39 is 0 Å². The van der Waals surface area contributed by atoms with Crippen LogP contribution in [0.15, 0.2) is 72.8 Å². The molecule has 0 amide bonds. The van der Waals surface area contributed by atoms with Gasteiger partial charge in [-0.1, -0.05) is 35.8 Å². The molecule has 0 aliphatic rings. The number of benzene rings is 3. The summed E-state index contributed by atoms with van der Waals surface area (Å²) in [5.74, 6) is 1.79. The Morgan fingerprint density at radius 1 is 0.774 bits per heavy atom. The lowest BCUT2D eigenvalue weighted by molar-refractivity contribution is 0.476. The summed E-state index contributed by atoms with van der Waals surface area (Å²) in [6, 6.07) is 24.2. The number of phenolic OH excluding ortho intramolecular Hbond substituents is 1. The Kier molecular flexibility index (Phi) is 3.20. The number of nitrogens with zero attached hydrogens (tertiary/aromatic N) is 4. The van der Waals surface area contributed by atoms with Crippen molar-refractivity contribution in [1.82, 2.24) is 18.9 Å². The number of fused-ring (bicyclic) bond motifs is 8. The second-order valence-electron chi connectivity index (χ2n) is 7.81. The topological polar surface area (TPSA) is 55.3 Å². The molecule has 1 N–H and O–H groups in total. The van der Waals surface area contributed by atoms with E-state index in [1.807, 2.05) is 22.8 Å². The van der Waals surface area contributed by atoms with Crippen molar-refractivity contribution in [3.05, 3.63) is 72.8 Å². The fourth-order valence-electron chi connectivity index (χ4n) is 4.53. The first-order valence-corrected chi connectivity index (χ1v) is 10.9. The first kappa shape index (κ1) is 16.9. The highest BCUT2D eigenvalue weighted by molar-refractivity contribution is 7.25. The number of aromatic nitrogens is 4. The normalized spacial score (nSPS) is 12.1. The van der Waals surface area contributed by atoms with Crippen LogP contribution in [0.2, 0.25) is 0 Å². The molecular weight excluding hydrogens is 403 g/mol. The van der Waals surface area contributed by atoms with Crippen molar-refractivity contribution in [3.63, 3.8) is 0 Å². The smallest absolute Gasteiger partial charge is 0.221 e. The minimum absolute atomic E-state index is 0.219. The zero-order valence-electron chi connectivity index (χ0n) is 16.6. The summed E-state index contributed by atoms with van der Waals surface area (Å²) in [5.41, 5.74) is 6.00. The van der Waals surface area contributed by atoms with E-state index in [2.05, 4.69) is 54.7 Å². The zero-order chi connectivity index (χ0) is 20.7. The summed E-state index contributed by atoms with van der Waals surface area (Å²) in [7, 11) is 2.08. The standard InChI is InChI=1S/C24H15BN4OS/c25-15-5-3-6-17-23(15)27-24-28(17)16-9-8-13(30)12-18(16)29(24)21-11-10-20-22(26-21)14-4-1-2-7-19(14)31-20/h1-12,30H,25H2. The number of hydrogen-bond donors (Lipinski definition) is 1. The van der Waals surface area contributed by atoms with Gasteiger partial charge in [0.2, 0.25) is 5.78 Å². The molecule has 7 rings (SSSR count). The summed E-state index contributed by atoms with van der Waals surface area (Å²) in [4.78, 5) is 10.1. The molecule has 7 aromatic rings. The van der Waals surface area contributed by atoms with Crippen molar-refractivity contribution >= 4 is 72.8 Å². The van der Waals surface area contributed by atoms with E-state index in [0.29, 0.717) is 0 Å². The number of phenols is 1. The lowest BCUT2D eigenvalue weighted by Crippen LogP contribution is -2.03. The second kappa shape index (κ2) is 5.86. The maximum atomic E-state index is 10.2. The maximum Gasteiger partial charge on any atom is 0.221 e. The van der Waals surface area contributed by atoms with Crippen LogP contribution in [0.1, 0.15) is 0 Å². The van der Waals surface area contributed by atoms with Crippen LogP contribution in [-0.2, 0) is 0 Å². The van der Waals surface area contributed by atoms with Gasteiger partial charge in [0.05, 0.1) is 32.3 Å². The molecule has 5 nitrogen and oxygen atoms in total. The zero-order valence-corrected chi connectivity index (χ0v) is 17.4. The van der Waals surface area contributed by atoms with E-state index >= 15 is 0 Å². The highest BCUT2D eigenvalue weighted by Gasteiger charge is 2.19. The molecule has 4 heterocycles. The van der Waals surface area contributed by atoms with Gasteiger partial charge in [-0.15, -0.1) is 11.3 Å². The number of thiophene rings is 1. The predicted molar refractivity (Wildman–Crippen MR) is 130 cm³/mol. The quantitative estimate of drug-likeness (QED) is 0.408. The number of pyridine rings is 1. The van der Waals surface area contributed by atoms with Crippen LogP contribution in [0.4, 0.5) is 0 Å². The third-order valence-corrected chi connectivity index (χ3v) is 7.07. The van der Waals surface area contributed by atoms with Crippen LogP contribution < -0.4 is 5.46 Å². The Balaban J connectivity index is 1.66. The van der Waals surface area contributed by atoms with Crippen LogP contribution in [0.5, 0.6) is 5.75 Å². The molecule has 0 unspecified atom stereocenters. The average molecular weight is 418 g/mol. The number of rotatable bonds is 1. The number of hydrogen-bond acceptors (Lipinski definition) is 4. The average Bonchev–Trinajstić information content (AvgIpc) is 3.42.